The molecule has 1 aliphatic carbocycles. The molecule has 22 heteroatoms. The number of allylic oxidation sites excluding steroid dienone is 7. The van der Waals surface area contributed by atoms with Gasteiger partial charge in [0.1, 0.15) is 18.2 Å². The minimum absolute atomic E-state index is 0.0750. The molecule has 0 saturated carbocycles. The number of hydrogen-bond acceptors (Lipinski definition) is 13. The van der Waals surface area contributed by atoms with E-state index in [9.17, 15) is 50.2 Å². The number of aromatic amines is 2. The highest BCUT2D eigenvalue weighted by Crippen LogP contribution is 2.48. The van der Waals surface area contributed by atoms with E-state index in [0.717, 1.165) is 56.4 Å². The van der Waals surface area contributed by atoms with E-state index in [-0.39, 0.29) is 47.7 Å². The second-order valence-corrected chi connectivity index (χ2v) is 23.6. The number of carbonyl (C=O) groups is 3. The molecule has 2 aliphatic heterocycles. The molecular formula is C51H62N8O11S3. The molecule has 0 radical (unpaired) electrons. The fourth-order valence-electron chi connectivity index (χ4n) is 9.82. The first-order valence-corrected chi connectivity index (χ1v) is 28.2. The van der Waals surface area contributed by atoms with E-state index in [4.69, 9.17) is 5.73 Å². The molecule has 3 aliphatic rings. The molecule has 19 nitrogen and oxygen atoms in total. The number of thioether (sulfide) groups is 1. The number of amides is 2. The zero-order valence-corrected chi connectivity index (χ0v) is 43.6. The summed E-state index contributed by atoms with van der Waals surface area (Å²) in [5.41, 5.74) is 12.7. The van der Waals surface area contributed by atoms with Gasteiger partial charge in [-0.05, 0) is 87.3 Å². The minimum Gasteiger partial charge on any atom is -0.748 e. The van der Waals surface area contributed by atoms with E-state index in [1.807, 2.05) is 36.4 Å². The van der Waals surface area contributed by atoms with Crippen LogP contribution < -0.4 is 26.8 Å². The number of H-pyrrole nitrogens is 2. The molecule has 73 heavy (non-hydrogen) atoms. The van der Waals surface area contributed by atoms with Gasteiger partial charge in [0, 0.05) is 69.6 Å². The van der Waals surface area contributed by atoms with Crippen molar-refractivity contribution in [1.29, 1.82) is 0 Å². The molecule has 8 N–H and O–H groups in total. The largest absolute Gasteiger partial charge is 0.748 e. The monoisotopic (exact) mass is 1060 g/mol. The highest BCUT2D eigenvalue weighted by Gasteiger charge is 2.44. The number of aliphatic carboxylic acids is 1. The number of nitrogens with zero attached hydrogens (tertiary/aromatic N) is 3. The van der Waals surface area contributed by atoms with Gasteiger partial charge in [0.25, 0.3) is 15.7 Å². The Morgan fingerprint density at radius 2 is 1.64 bits per heavy atom. The number of aromatic nitrogens is 3. The lowest BCUT2D eigenvalue weighted by molar-refractivity contribution is -0.438. The van der Waals surface area contributed by atoms with E-state index in [1.54, 1.807) is 0 Å². The Balaban J connectivity index is 1.18. The van der Waals surface area contributed by atoms with Crippen LogP contribution in [0.1, 0.15) is 89.5 Å². The summed E-state index contributed by atoms with van der Waals surface area (Å²) in [4.78, 5) is 63.5. The van der Waals surface area contributed by atoms with Gasteiger partial charge in [0.15, 0.2) is 5.71 Å². The number of unbranched alkanes of at least 4 members (excludes halogenated alkanes) is 2. The zero-order chi connectivity index (χ0) is 52.9. The highest BCUT2D eigenvalue weighted by atomic mass is 32.2. The predicted molar refractivity (Wildman–Crippen MR) is 282 cm³/mol. The summed E-state index contributed by atoms with van der Waals surface area (Å²) in [7, 11) is -8.50. The number of nitrogens with one attached hydrogen (secondary N) is 4. The van der Waals surface area contributed by atoms with Gasteiger partial charge in [0.05, 0.1) is 39.6 Å². The molecule has 7 rings (SSSR count). The normalized spacial score (nSPS) is 18.0. The van der Waals surface area contributed by atoms with Gasteiger partial charge in [-0.3, -0.25) is 23.9 Å². The lowest BCUT2D eigenvalue weighted by Crippen LogP contribution is -2.47. The molecule has 0 fully saturated rings. The fraction of sp³-hybridized carbons (Fsp3) is 0.412. The van der Waals surface area contributed by atoms with Crippen molar-refractivity contribution in [3.63, 3.8) is 0 Å². The molecule has 0 bridgehead atoms. The number of carbonyl (C=O) groups excluding carboxylic acids is 2. The van der Waals surface area contributed by atoms with Crippen LogP contribution >= 0.6 is 11.8 Å². The van der Waals surface area contributed by atoms with E-state index in [2.05, 4.69) is 99.2 Å². The smallest absolute Gasteiger partial charge is 0.327 e. The van der Waals surface area contributed by atoms with Crippen molar-refractivity contribution in [1.82, 2.24) is 25.6 Å². The number of nitrogen functional groups attached to an aromatic ring is 1. The lowest BCUT2D eigenvalue weighted by Gasteiger charge is -2.28. The Morgan fingerprint density at radius 3 is 2.37 bits per heavy atom. The van der Waals surface area contributed by atoms with Crippen molar-refractivity contribution in [2.75, 3.05) is 47.5 Å². The van der Waals surface area contributed by atoms with E-state index >= 15 is 0 Å². The van der Waals surface area contributed by atoms with Crippen LogP contribution in [0.4, 0.5) is 17.3 Å². The zero-order valence-electron chi connectivity index (χ0n) is 41.2. The fourth-order valence-corrected chi connectivity index (χ4v) is 12.2. The Morgan fingerprint density at radius 1 is 0.932 bits per heavy atom. The number of carboxylic acids is 1. The standard InChI is InChI=1S/C51H62N8O11S3/c1-50(2)36-16-5-7-18-39(36)58(24-9-11-26-72(65,66)67)41(50)22-20-32-14-13-15-33(21-23-42-51(3,4)37-17-6-8-19-40(37)59(42)25-10-12-27-73(68,69)70)45(32)71-31-38(48(63)64)55-44(61)30-53-43(60)29-34-28-35-46(54-34)56-49(52)57-47(35)62/h5-8,16-23,28,38H,9-15,24-27,29-31H2,1-4H3,(H8-,52,53,54,55,56,57,60,61,62,63,64,65,66,67,68,69,70)/t38-/m0/s1. The first-order chi connectivity index (χ1) is 34.4. The maximum atomic E-state index is 13.3. The third-order valence-electron chi connectivity index (χ3n) is 13.4. The lowest BCUT2D eigenvalue weighted by atomic mass is 9.81. The van der Waals surface area contributed by atoms with Gasteiger partial charge >= 0.3 is 5.97 Å². The van der Waals surface area contributed by atoms with Crippen molar-refractivity contribution in [3.05, 3.63) is 128 Å². The first kappa shape index (κ1) is 54.4. The Bertz CT molecular complexity index is 3260. The van der Waals surface area contributed by atoms with Crippen LogP contribution in [-0.2, 0) is 51.9 Å². The van der Waals surface area contributed by atoms with Gasteiger partial charge in [-0.25, -0.2) is 13.2 Å². The van der Waals surface area contributed by atoms with Crippen LogP contribution in [0.25, 0.3) is 11.0 Å². The van der Waals surface area contributed by atoms with Crippen molar-refractivity contribution in [2.24, 2.45) is 0 Å². The molecule has 4 aromatic rings. The number of hydrogen-bond donors (Lipinski definition) is 7. The topological polar surface area (TPSA) is 301 Å². The Kier molecular flexibility index (Phi) is 16.7. The van der Waals surface area contributed by atoms with E-state index in [0.29, 0.717) is 44.5 Å². The molecule has 0 spiro atoms. The molecule has 4 heterocycles. The summed E-state index contributed by atoms with van der Waals surface area (Å²) in [6.45, 7) is 8.93. The predicted octanol–water partition coefficient (Wildman–Crippen LogP) is 5.47. The number of para-hydroxylation sites is 2. The SMILES string of the molecule is CC1(C)C(/C=C/C2=C(SC[C@H](NC(=O)CNC(=O)Cc3cc4c(=O)[nH]c(N)nc4[nH]3)C(=O)O)C(=C/C=C3/N(CCCCS(=O)(=O)[O-])c4ccccc4C3(C)C)/CCC2)=[N+](CCCCS(=O)(=O)O)c2ccccc21. The quantitative estimate of drug-likeness (QED) is 0.0292. The number of rotatable bonds is 22. The maximum absolute atomic E-state index is 13.3. The van der Waals surface area contributed by atoms with Gasteiger partial charge < -0.3 is 35.9 Å². The number of benzene rings is 2. The summed E-state index contributed by atoms with van der Waals surface area (Å²) in [5.74, 6) is -3.54. The van der Waals surface area contributed by atoms with E-state index in [1.165, 1.54) is 17.8 Å². The van der Waals surface area contributed by atoms with Gasteiger partial charge in [-0.2, -0.15) is 18.0 Å². The van der Waals surface area contributed by atoms with Crippen LogP contribution in [0.5, 0.6) is 0 Å². The summed E-state index contributed by atoms with van der Waals surface area (Å²) in [6.07, 6.45) is 11.5. The number of carboxylic acid groups (broad SMARTS) is 1. The second-order valence-electron chi connectivity index (χ2n) is 19.5. The molecule has 0 saturated heterocycles. The van der Waals surface area contributed by atoms with Crippen molar-refractivity contribution in [2.45, 2.75) is 95.9 Å². The summed E-state index contributed by atoms with van der Waals surface area (Å²) in [6, 6.07) is 16.1. The number of anilines is 2. The first-order valence-electron chi connectivity index (χ1n) is 24.0. The van der Waals surface area contributed by atoms with Crippen molar-refractivity contribution >= 4 is 83.9 Å². The minimum atomic E-state index is -4.37. The van der Waals surface area contributed by atoms with Crippen LogP contribution in [0.2, 0.25) is 0 Å². The van der Waals surface area contributed by atoms with Crippen molar-refractivity contribution in [3.8, 4) is 0 Å². The van der Waals surface area contributed by atoms with Crippen molar-refractivity contribution < 1.29 is 50.0 Å². The summed E-state index contributed by atoms with van der Waals surface area (Å²) < 4.78 is 69.1. The molecule has 2 aromatic carbocycles. The molecule has 2 aromatic heterocycles. The molecular weight excluding hydrogens is 997 g/mol. The molecule has 0 unspecified atom stereocenters. The number of nitrogens with two attached hydrogens (primary N) is 1. The van der Waals surface area contributed by atoms with E-state index < -0.39 is 72.7 Å². The summed E-state index contributed by atoms with van der Waals surface area (Å²) in [5, 5.41) is 15.7. The third kappa shape index (κ3) is 13.3. The van der Waals surface area contributed by atoms with Gasteiger partial charge in [0.2, 0.25) is 23.5 Å². The van der Waals surface area contributed by atoms with Gasteiger partial charge in [-0.15, -0.1) is 11.8 Å². The van der Waals surface area contributed by atoms with Crippen LogP contribution in [0.3, 0.4) is 0 Å². The average molecular weight is 1060 g/mol. The molecule has 2 amide bonds. The molecule has 1 atom stereocenters. The average Bonchev–Trinajstić information content (AvgIpc) is 3.89. The summed E-state index contributed by atoms with van der Waals surface area (Å²) >= 11 is 1.30. The maximum Gasteiger partial charge on any atom is 0.327 e. The second kappa shape index (κ2) is 22.4. The van der Waals surface area contributed by atoms with Gasteiger partial charge in [-0.1, -0.05) is 62.4 Å². The Hall–Kier alpha value is -6.33. The number of fused-ring (bicyclic) bond motifs is 3. The van der Waals surface area contributed by atoms with Crippen LogP contribution in [0.15, 0.2) is 105 Å². The van der Waals surface area contributed by atoms with Crippen LogP contribution in [-0.4, -0.2) is 117 Å². The highest BCUT2D eigenvalue weighted by molar-refractivity contribution is 8.03. The Labute approximate surface area is 428 Å². The van der Waals surface area contributed by atoms with Crippen LogP contribution in [0, 0.1) is 0 Å². The molecule has 390 valence electrons. The third-order valence-corrected chi connectivity index (χ3v) is 16.3.